The van der Waals surface area contributed by atoms with Crippen LogP contribution in [0.1, 0.15) is 16.1 Å². The maximum Gasteiger partial charge on any atom is 0.277 e. The van der Waals surface area contributed by atoms with Gasteiger partial charge in [-0.2, -0.15) is 15.4 Å². The largest absolute Gasteiger partial charge is 0.497 e. The van der Waals surface area contributed by atoms with Crippen LogP contribution >= 0.6 is 0 Å². The number of amides is 1. The summed E-state index contributed by atoms with van der Waals surface area (Å²) in [6.07, 6.45) is 1.37. The van der Waals surface area contributed by atoms with Crippen molar-refractivity contribution in [3.63, 3.8) is 0 Å². The molecule has 2 rings (SSSR count). The number of rotatable bonds is 3. The lowest BCUT2D eigenvalue weighted by molar-refractivity contribution is 0.102. The predicted molar refractivity (Wildman–Crippen MR) is 62.1 cm³/mol. The van der Waals surface area contributed by atoms with Crippen molar-refractivity contribution in [3.8, 4) is 5.75 Å². The van der Waals surface area contributed by atoms with Crippen LogP contribution in [0.3, 0.4) is 0 Å². The van der Waals surface area contributed by atoms with Crippen LogP contribution in [0.5, 0.6) is 5.75 Å². The van der Waals surface area contributed by atoms with Crippen LogP contribution in [0.25, 0.3) is 0 Å². The summed E-state index contributed by atoms with van der Waals surface area (Å²) in [5, 5.41) is 12.4. The molecule has 0 saturated carbocycles. The number of anilines is 1. The van der Waals surface area contributed by atoms with E-state index in [1.54, 1.807) is 19.2 Å². The van der Waals surface area contributed by atoms with Crippen molar-refractivity contribution in [1.82, 2.24) is 15.4 Å². The fraction of sp³-hybridized carbons (Fsp3) is 0.182. The molecule has 1 heterocycles. The highest BCUT2D eigenvalue weighted by atomic mass is 16.5. The van der Waals surface area contributed by atoms with Crippen molar-refractivity contribution in [2.24, 2.45) is 0 Å². The molecule has 1 amide bonds. The summed E-state index contributed by atoms with van der Waals surface area (Å²) < 4.78 is 5.09. The molecule has 0 spiro atoms. The van der Waals surface area contributed by atoms with E-state index in [1.165, 1.54) is 6.20 Å². The maximum absolute atomic E-state index is 11.7. The normalized spacial score (nSPS) is 10.0. The Morgan fingerprint density at radius 1 is 1.47 bits per heavy atom. The van der Waals surface area contributed by atoms with Crippen LogP contribution in [0, 0.1) is 6.92 Å². The van der Waals surface area contributed by atoms with Gasteiger partial charge >= 0.3 is 0 Å². The zero-order valence-corrected chi connectivity index (χ0v) is 9.52. The molecule has 6 nitrogen and oxygen atoms in total. The lowest BCUT2D eigenvalue weighted by Gasteiger charge is -2.08. The minimum absolute atomic E-state index is 0.250. The molecule has 2 N–H and O–H groups in total. The highest BCUT2D eigenvalue weighted by Gasteiger charge is 2.10. The van der Waals surface area contributed by atoms with Gasteiger partial charge in [-0.1, -0.05) is 0 Å². The lowest BCUT2D eigenvalue weighted by Crippen LogP contribution is -2.13. The van der Waals surface area contributed by atoms with Gasteiger partial charge in [0.05, 0.1) is 13.3 Å². The van der Waals surface area contributed by atoms with Crippen LogP contribution < -0.4 is 10.1 Å². The molecule has 0 aliphatic heterocycles. The van der Waals surface area contributed by atoms with Gasteiger partial charge < -0.3 is 10.1 Å². The second-order valence-corrected chi connectivity index (χ2v) is 3.49. The van der Waals surface area contributed by atoms with Crippen molar-refractivity contribution in [2.75, 3.05) is 12.4 Å². The second-order valence-electron chi connectivity index (χ2n) is 3.49. The van der Waals surface area contributed by atoms with E-state index in [1.807, 2.05) is 13.0 Å². The van der Waals surface area contributed by atoms with E-state index in [4.69, 9.17) is 4.74 Å². The Kier molecular flexibility index (Phi) is 3.04. The number of benzene rings is 1. The molecule has 88 valence electrons. The van der Waals surface area contributed by atoms with Crippen LogP contribution in [0.15, 0.2) is 24.4 Å². The summed E-state index contributed by atoms with van der Waals surface area (Å²) in [7, 11) is 1.60. The summed E-state index contributed by atoms with van der Waals surface area (Å²) in [5.74, 6) is 0.453. The minimum atomic E-state index is -0.299. The molecule has 17 heavy (non-hydrogen) atoms. The molecule has 2 aromatic rings. The number of methoxy groups -OCH3 is 1. The summed E-state index contributed by atoms with van der Waals surface area (Å²) in [6, 6.07) is 5.41. The number of nitrogens with one attached hydrogen (secondary N) is 2. The Hall–Kier alpha value is -2.37. The second kappa shape index (κ2) is 4.65. The smallest absolute Gasteiger partial charge is 0.277 e. The average molecular weight is 232 g/mol. The molecule has 1 aromatic heterocycles. The first-order valence-electron chi connectivity index (χ1n) is 5.02. The van der Waals surface area contributed by atoms with Gasteiger partial charge in [-0.3, -0.25) is 4.79 Å². The number of carbonyl (C=O) groups excluding carboxylic acids is 1. The number of aromatic amines is 1. The lowest BCUT2D eigenvalue weighted by atomic mass is 10.2. The van der Waals surface area contributed by atoms with Gasteiger partial charge in [0, 0.05) is 5.69 Å². The Balaban J connectivity index is 2.16. The number of nitrogens with zero attached hydrogens (tertiary/aromatic N) is 2. The fourth-order valence-corrected chi connectivity index (χ4v) is 1.40. The first kappa shape index (κ1) is 11.1. The summed E-state index contributed by atoms with van der Waals surface area (Å²) in [6.45, 7) is 1.89. The minimum Gasteiger partial charge on any atom is -0.497 e. The Labute approximate surface area is 98.0 Å². The molecule has 0 atom stereocenters. The zero-order valence-electron chi connectivity index (χ0n) is 9.52. The molecule has 0 unspecified atom stereocenters. The van der Waals surface area contributed by atoms with Crippen molar-refractivity contribution in [3.05, 3.63) is 35.7 Å². The molecular formula is C11H12N4O2. The van der Waals surface area contributed by atoms with Gasteiger partial charge in [-0.25, -0.2) is 0 Å². The van der Waals surface area contributed by atoms with Crippen LogP contribution in [-0.2, 0) is 0 Å². The molecule has 6 heteroatoms. The van der Waals surface area contributed by atoms with E-state index in [9.17, 15) is 4.79 Å². The van der Waals surface area contributed by atoms with E-state index in [2.05, 4.69) is 20.7 Å². The number of H-pyrrole nitrogens is 1. The van der Waals surface area contributed by atoms with Gasteiger partial charge in [0.15, 0.2) is 5.69 Å². The van der Waals surface area contributed by atoms with E-state index in [-0.39, 0.29) is 11.6 Å². The Morgan fingerprint density at radius 3 is 2.88 bits per heavy atom. The van der Waals surface area contributed by atoms with Crippen molar-refractivity contribution < 1.29 is 9.53 Å². The van der Waals surface area contributed by atoms with Gasteiger partial charge in [0.25, 0.3) is 5.91 Å². The number of ether oxygens (including phenoxy) is 1. The van der Waals surface area contributed by atoms with E-state index in [0.29, 0.717) is 0 Å². The first-order valence-corrected chi connectivity index (χ1v) is 5.02. The Bertz CT molecular complexity index is 522. The number of aryl methyl sites for hydroxylation is 1. The van der Waals surface area contributed by atoms with E-state index in [0.717, 1.165) is 17.0 Å². The molecule has 0 saturated heterocycles. The third kappa shape index (κ3) is 2.41. The van der Waals surface area contributed by atoms with Crippen LogP contribution in [0.2, 0.25) is 0 Å². The summed E-state index contributed by atoms with van der Waals surface area (Å²) >= 11 is 0. The number of carbonyl (C=O) groups is 1. The zero-order chi connectivity index (χ0) is 12.3. The number of hydrogen-bond donors (Lipinski definition) is 2. The first-order chi connectivity index (χ1) is 8.20. The van der Waals surface area contributed by atoms with Gasteiger partial charge in [0.2, 0.25) is 0 Å². The van der Waals surface area contributed by atoms with Crippen molar-refractivity contribution in [1.29, 1.82) is 0 Å². The van der Waals surface area contributed by atoms with Gasteiger partial charge in [0.1, 0.15) is 5.75 Å². The van der Waals surface area contributed by atoms with Gasteiger partial charge in [-0.05, 0) is 30.7 Å². The quantitative estimate of drug-likeness (QED) is 0.837. The van der Waals surface area contributed by atoms with E-state index < -0.39 is 0 Å². The Morgan fingerprint density at radius 2 is 2.29 bits per heavy atom. The van der Waals surface area contributed by atoms with Crippen molar-refractivity contribution >= 4 is 11.6 Å². The van der Waals surface area contributed by atoms with Gasteiger partial charge in [-0.15, -0.1) is 0 Å². The maximum atomic E-state index is 11.7. The summed E-state index contributed by atoms with van der Waals surface area (Å²) in [4.78, 5) is 11.7. The SMILES string of the molecule is COc1ccc(NC(=O)c2cn[nH]n2)c(C)c1. The molecule has 0 aliphatic rings. The molecule has 0 radical (unpaired) electrons. The molecular weight excluding hydrogens is 220 g/mol. The standard InChI is InChI=1S/C11H12N4O2/c1-7-5-8(17-2)3-4-9(7)13-11(16)10-6-12-15-14-10/h3-6H,1-2H3,(H,13,16)(H,12,14,15). The highest BCUT2D eigenvalue weighted by Crippen LogP contribution is 2.21. The van der Waals surface area contributed by atoms with Crippen LogP contribution in [-0.4, -0.2) is 28.4 Å². The third-order valence-electron chi connectivity index (χ3n) is 2.33. The fourth-order valence-electron chi connectivity index (χ4n) is 1.40. The van der Waals surface area contributed by atoms with E-state index >= 15 is 0 Å². The number of aromatic nitrogens is 3. The molecule has 0 bridgehead atoms. The average Bonchev–Trinajstić information content (AvgIpc) is 2.85. The highest BCUT2D eigenvalue weighted by molar-refractivity contribution is 6.03. The number of hydrogen-bond acceptors (Lipinski definition) is 4. The molecule has 0 aliphatic carbocycles. The summed E-state index contributed by atoms with van der Waals surface area (Å²) in [5.41, 5.74) is 1.89. The monoisotopic (exact) mass is 232 g/mol. The van der Waals surface area contributed by atoms with Crippen LogP contribution in [0.4, 0.5) is 5.69 Å². The molecule has 1 aromatic carbocycles. The third-order valence-corrected chi connectivity index (χ3v) is 2.33. The topological polar surface area (TPSA) is 79.9 Å². The predicted octanol–water partition coefficient (Wildman–Crippen LogP) is 1.37. The van der Waals surface area contributed by atoms with Crippen molar-refractivity contribution in [2.45, 2.75) is 6.92 Å². The molecule has 0 fully saturated rings.